The third-order valence-electron chi connectivity index (χ3n) is 3.39. The Morgan fingerprint density at radius 2 is 1.79 bits per heavy atom. The van der Waals surface area contributed by atoms with Crippen molar-refractivity contribution in [2.45, 2.75) is 18.9 Å². The normalized spacial score (nSPS) is 11.2. The van der Waals surface area contributed by atoms with Crippen molar-refractivity contribution in [3.8, 4) is 5.75 Å². The van der Waals surface area contributed by atoms with Gasteiger partial charge in [-0.15, -0.1) is 12.4 Å². The van der Waals surface area contributed by atoms with E-state index in [1.807, 2.05) is 30.3 Å². The predicted octanol–water partition coefficient (Wildman–Crippen LogP) is 3.22. The molecule has 0 spiro atoms. The minimum Gasteiger partial charge on any atom is -0.488 e. The van der Waals surface area contributed by atoms with Gasteiger partial charge in [-0.05, 0) is 30.7 Å². The van der Waals surface area contributed by atoms with Crippen molar-refractivity contribution >= 4 is 18.3 Å². The molecule has 2 aromatic rings. The van der Waals surface area contributed by atoms with Crippen molar-refractivity contribution in [2.75, 3.05) is 13.2 Å². The van der Waals surface area contributed by atoms with E-state index < -0.39 is 5.82 Å². The smallest absolute Gasteiger partial charge is 0.220 e. The molecule has 0 bridgehead atoms. The Balaban J connectivity index is 0.00000288. The molecule has 1 unspecified atom stereocenters. The molecule has 1 atom stereocenters. The van der Waals surface area contributed by atoms with Gasteiger partial charge in [0.2, 0.25) is 5.91 Å². The van der Waals surface area contributed by atoms with E-state index in [2.05, 4.69) is 5.32 Å². The fourth-order valence-electron chi connectivity index (χ4n) is 2.17. The van der Waals surface area contributed by atoms with Gasteiger partial charge in [0.05, 0.1) is 6.04 Å². The predicted molar refractivity (Wildman–Crippen MR) is 94.8 cm³/mol. The van der Waals surface area contributed by atoms with Crippen molar-refractivity contribution in [2.24, 2.45) is 5.73 Å². The van der Waals surface area contributed by atoms with Gasteiger partial charge in [-0.2, -0.15) is 0 Å². The Morgan fingerprint density at radius 3 is 2.46 bits per heavy atom. The van der Waals surface area contributed by atoms with E-state index in [0.717, 1.165) is 5.56 Å². The average Bonchev–Trinajstić information content (AvgIpc) is 2.58. The van der Waals surface area contributed by atoms with Crippen LogP contribution in [0.5, 0.6) is 5.75 Å². The van der Waals surface area contributed by atoms with Crippen LogP contribution < -0.4 is 15.8 Å². The van der Waals surface area contributed by atoms with Crippen molar-refractivity contribution in [1.82, 2.24) is 5.32 Å². The molecule has 0 fully saturated rings. The molecule has 2 rings (SSSR count). The first-order chi connectivity index (χ1) is 11.2. The second kappa shape index (κ2) is 10.6. The summed E-state index contributed by atoms with van der Waals surface area (Å²) in [4.78, 5) is 12.0. The standard InChI is InChI=1S/C18H21FN2O2.ClH/c19-15-9-4-5-10-17(15)23-13-16(14-7-2-1-3-8-14)21-18(22)11-6-12-20;/h1-5,7-10,16H,6,11-13,20H2,(H,21,22);1H. The molecular formula is C18H22ClFN2O2. The lowest BCUT2D eigenvalue weighted by Crippen LogP contribution is -2.32. The summed E-state index contributed by atoms with van der Waals surface area (Å²) in [5, 5.41) is 2.92. The number of amides is 1. The lowest BCUT2D eigenvalue weighted by molar-refractivity contribution is -0.122. The number of nitrogens with two attached hydrogens (primary N) is 1. The van der Waals surface area contributed by atoms with Crippen LogP contribution in [0.4, 0.5) is 4.39 Å². The highest BCUT2D eigenvalue weighted by atomic mass is 35.5. The zero-order chi connectivity index (χ0) is 16.5. The summed E-state index contributed by atoms with van der Waals surface area (Å²) in [5.41, 5.74) is 6.33. The number of para-hydroxylation sites is 1. The van der Waals surface area contributed by atoms with Gasteiger partial charge in [0.1, 0.15) is 6.61 Å². The molecule has 0 aliphatic rings. The van der Waals surface area contributed by atoms with Crippen molar-refractivity contribution < 1.29 is 13.9 Å². The average molecular weight is 353 g/mol. The molecular weight excluding hydrogens is 331 g/mol. The maximum atomic E-state index is 13.6. The molecule has 130 valence electrons. The fourth-order valence-corrected chi connectivity index (χ4v) is 2.17. The zero-order valence-corrected chi connectivity index (χ0v) is 14.1. The van der Waals surface area contributed by atoms with Crippen molar-refractivity contribution in [3.05, 3.63) is 66.0 Å². The van der Waals surface area contributed by atoms with Crippen LogP contribution in [-0.4, -0.2) is 19.1 Å². The molecule has 24 heavy (non-hydrogen) atoms. The van der Waals surface area contributed by atoms with Gasteiger partial charge in [0.15, 0.2) is 11.6 Å². The molecule has 6 heteroatoms. The molecule has 0 radical (unpaired) electrons. The molecule has 0 aliphatic heterocycles. The Bertz CT molecular complexity index is 625. The Kier molecular flexibility index (Phi) is 8.83. The monoisotopic (exact) mass is 352 g/mol. The summed E-state index contributed by atoms with van der Waals surface area (Å²) in [6.45, 7) is 0.620. The molecule has 0 aliphatic carbocycles. The molecule has 0 saturated heterocycles. The van der Waals surface area contributed by atoms with E-state index in [9.17, 15) is 9.18 Å². The number of nitrogens with one attached hydrogen (secondary N) is 1. The van der Waals surface area contributed by atoms with E-state index in [0.29, 0.717) is 19.4 Å². The van der Waals surface area contributed by atoms with E-state index >= 15 is 0 Å². The van der Waals surface area contributed by atoms with Crippen molar-refractivity contribution in [1.29, 1.82) is 0 Å². The lowest BCUT2D eigenvalue weighted by atomic mass is 10.1. The van der Waals surface area contributed by atoms with E-state index in [1.165, 1.54) is 6.07 Å². The topological polar surface area (TPSA) is 64.4 Å². The second-order valence-electron chi connectivity index (χ2n) is 5.16. The minimum absolute atomic E-state index is 0. The van der Waals surface area contributed by atoms with E-state index in [1.54, 1.807) is 18.2 Å². The number of rotatable bonds is 8. The van der Waals surface area contributed by atoms with Crippen LogP contribution in [0, 0.1) is 5.82 Å². The summed E-state index contributed by atoms with van der Waals surface area (Å²) in [6, 6.07) is 15.3. The lowest BCUT2D eigenvalue weighted by Gasteiger charge is -2.20. The second-order valence-corrected chi connectivity index (χ2v) is 5.16. The van der Waals surface area contributed by atoms with Gasteiger partial charge in [0, 0.05) is 6.42 Å². The molecule has 3 N–H and O–H groups in total. The molecule has 4 nitrogen and oxygen atoms in total. The number of carbonyl (C=O) groups is 1. The number of halogens is 2. The van der Waals surface area contributed by atoms with Gasteiger partial charge in [0.25, 0.3) is 0 Å². The van der Waals surface area contributed by atoms with Crippen molar-refractivity contribution in [3.63, 3.8) is 0 Å². The van der Waals surface area contributed by atoms with Gasteiger partial charge in [-0.3, -0.25) is 4.79 Å². The summed E-state index contributed by atoms with van der Waals surface area (Å²) in [7, 11) is 0. The highest BCUT2D eigenvalue weighted by Crippen LogP contribution is 2.19. The quantitative estimate of drug-likeness (QED) is 0.766. The van der Waals surface area contributed by atoms with Gasteiger partial charge < -0.3 is 15.8 Å². The van der Waals surface area contributed by atoms with Gasteiger partial charge in [-0.1, -0.05) is 42.5 Å². The first-order valence-corrected chi connectivity index (χ1v) is 7.62. The van der Waals surface area contributed by atoms with E-state index in [4.69, 9.17) is 10.5 Å². The highest BCUT2D eigenvalue weighted by molar-refractivity contribution is 5.85. The van der Waals surface area contributed by atoms with Gasteiger partial charge >= 0.3 is 0 Å². The van der Waals surface area contributed by atoms with Crippen LogP contribution in [0.15, 0.2) is 54.6 Å². The van der Waals surface area contributed by atoms with Gasteiger partial charge in [-0.25, -0.2) is 4.39 Å². The summed E-state index contributed by atoms with van der Waals surface area (Å²) in [6.07, 6.45) is 0.987. The molecule has 0 heterocycles. The summed E-state index contributed by atoms with van der Waals surface area (Å²) < 4.78 is 19.2. The first-order valence-electron chi connectivity index (χ1n) is 7.62. The molecule has 0 aromatic heterocycles. The van der Waals surface area contributed by atoms with Crippen LogP contribution in [0.1, 0.15) is 24.4 Å². The Labute approximate surface area is 147 Å². The number of hydrogen-bond donors (Lipinski definition) is 2. The Hall–Kier alpha value is -2.11. The SMILES string of the molecule is Cl.NCCCC(=O)NC(COc1ccccc1F)c1ccccc1. The first kappa shape index (κ1) is 19.9. The largest absolute Gasteiger partial charge is 0.488 e. The molecule has 0 saturated carbocycles. The van der Waals surface area contributed by atoms with Crippen LogP contribution in [0.3, 0.4) is 0 Å². The molecule has 1 amide bonds. The molecule has 2 aromatic carbocycles. The van der Waals surface area contributed by atoms with Crippen LogP contribution >= 0.6 is 12.4 Å². The highest BCUT2D eigenvalue weighted by Gasteiger charge is 2.16. The number of hydrogen-bond acceptors (Lipinski definition) is 3. The maximum Gasteiger partial charge on any atom is 0.220 e. The number of carbonyl (C=O) groups excluding carboxylic acids is 1. The summed E-state index contributed by atoms with van der Waals surface area (Å²) >= 11 is 0. The maximum absolute atomic E-state index is 13.6. The fraction of sp³-hybridized carbons (Fsp3) is 0.278. The zero-order valence-electron chi connectivity index (χ0n) is 13.3. The van der Waals surface area contributed by atoms with E-state index in [-0.39, 0.29) is 36.7 Å². The number of benzene rings is 2. The van der Waals surface area contributed by atoms with Crippen LogP contribution in [0.2, 0.25) is 0 Å². The van der Waals surface area contributed by atoms with Crippen LogP contribution in [-0.2, 0) is 4.79 Å². The number of ether oxygens (including phenoxy) is 1. The summed E-state index contributed by atoms with van der Waals surface area (Å²) in [5.74, 6) is -0.347. The third kappa shape index (κ3) is 6.18. The third-order valence-corrected chi connectivity index (χ3v) is 3.39. The van der Waals surface area contributed by atoms with Crippen LogP contribution in [0.25, 0.3) is 0 Å². The minimum atomic E-state index is -0.422. The Morgan fingerprint density at radius 1 is 1.12 bits per heavy atom.